The van der Waals surface area contributed by atoms with Crippen LogP contribution in [0.4, 0.5) is 0 Å². The Morgan fingerprint density at radius 1 is 0.358 bits per heavy atom. The molecule has 3 aromatic heterocycles. The maximum Gasteiger partial charge on any atom is 0.159 e. The van der Waals surface area contributed by atoms with Crippen LogP contribution in [0.2, 0.25) is 0 Å². The zero-order valence-electron chi connectivity index (χ0n) is 28.6. The molecule has 0 spiro atoms. The van der Waals surface area contributed by atoms with Crippen molar-refractivity contribution in [3.05, 3.63) is 182 Å². The van der Waals surface area contributed by atoms with E-state index in [1.165, 1.54) is 54.1 Å². The van der Waals surface area contributed by atoms with E-state index in [1.54, 1.807) is 0 Å². The fourth-order valence-corrected chi connectivity index (χ4v) is 8.27. The summed E-state index contributed by atoms with van der Waals surface area (Å²) in [5.74, 6) is 0.694. The molecule has 0 fully saturated rings. The van der Waals surface area contributed by atoms with Gasteiger partial charge in [-0.1, -0.05) is 121 Å². The largest absolute Gasteiger partial charge is 0.309 e. The molecule has 53 heavy (non-hydrogen) atoms. The lowest BCUT2D eigenvalue weighted by Gasteiger charge is -2.16. The van der Waals surface area contributed by atoms with Crippen molar-refractivity contribution in [2.75, 3.05) is 0 Å². The highest BCUT2D eigenvalue weighted by atomic mass is 15.0. The van der Waals surface area contributed by atoms with Crippen molar-refractivity contribution in [2.24, 2.45) is 0 Å². The molecule has 0 aliphatic carbocycles. The van der Waals surface area contributed by atoms with Gasteiger partial charge in [-0.25, -0.2) is 15.0 Å². The first-order valence-electron chi connectivity index (χ1n) is 17.9. The van der Waals surface area contributed by atoms with Crippen molar-refractivity contribution in [1.82, 2.24) is 19.5 Å². The number of para-hydroxylation sites is 3. The molecule has 8 aromatic carbocycles. The van der Waals surface area contributed by atoms with Crippen molar-refractivity contribution in [3.8, 4) is 39.5 Å². The summed E-state index contributed by atoms with van der Waals surface area (Å²) in [6, 6.07) is 60.2. The van der Waals surface area contributed by atoms with Gasteiger partial charge in [-0.05, 0) is 75.6 Å². The number of hydrogen-bond donors (Lipinski definition) is 0. The lowest BCUT2D eigenvalue weighted by atomic mass is 9.89. The van der Waals surface area contributed by atoms with Gasteiger partial charge in [0.1, 0.15) is 0 Å². The Kier molecular flexibility index (Phi) is 6.52. The van der Waals surface area contributed by atoms with Gasteiger partial charge in [-0.15, -0.1) is 0 Å². The fraction of sp³-hybridized carbons (Fsp3) is 0. The van der Waals surface area contributed by atoms with Gasteiger partial charge in [0.15, 0.2) is 5.82 Å². The molecule has 4 nitrogen and oxygen atoms in total. The zero-order chi connectivity index (χ0) is 34.9. The molecule has 0 radical (unpaired) electrons. The molecular formula is C49H30N4. The van der Waals surface area contributed by atoms with Crippen LogP contribution in [0.1, 0.15) is 0 Å². The number of fused-ring (bicyclic) bond motifs is 11. The highest BCUT2D eigenvalue weighted by Crippen LogP contribution is 2.43. The lowest BCUT2D eigenvalue weighted by molar-refractivity contribution is 1.16. The molecule has 0 bridgehead atoms. The van der Waals surface area contributed by atoms with Gasteiger partial charge in [0.2, 0.25) is 0 Å². The Balaban J connectivity index is 0.994. The van der Waals surface area contributed by atoms with E-state index >= 15 is 0 Å². The minimum atomic E-state index is 0.694. The van der Waals surface area contributed by atoms with E-state index < -0.39 is 0 Å². The third kappa shape index (κ3) is 4.59. The van der Waals surface area contributed by atoms with E-state index in [4.69, 9.17) is 15.0 Å². The highest BCUT2D eigenvalue weighted by Gasteiger charge is 2.18. The standard InChI is InChI=1S/C49H30N4/c1-3-18-40-36(14-1)37-15-2-4-19-41(37)47-46(40)42-20-5-8-21-43(42)52-48(47)33-13-11-12-32(28-33)34-29-50-49(51-30-34)31-24-26-35(27-25-31)53-44-22-9-6-16-38(44)39-17-7-10-23-45(39)53/h1-30H. The highest BCUT2D eigenvalue weighted by molar-refractivity contribution is 6.33. The quantitative estimate of drug-likeness (QED) is 0.175. The molecule has 0 aliphatic rings. The molecule has 3 heterocycles. The normalized spacial score (nSPS) is 11.8. The van der Waals surface area contributed by atoms with Crippen LogP contribution in [0.15, 0.2) is 182 Å². The van der Waals surface area contributed by atoms with Crippen LogP contribution < -0.4 is 0 Å². The summed E-state index contributed by atoms with van der Waals surface area (Å²) in [5.41, 5.74) is 9.48. The summed E-state index contributed by atoms with van der Waals surface area (Å²) in [7, 11) is 0. The van der Waals surface area contributed by atoms with E-state index in [0.717, 1.165) is 44.5 Å². The predicted molar refractivity (Wildman–Crippen MR) is 220 cm³/mol. The Labute approximate surface area is 305 Å². The van der Waals surface area contributed by atoms with E-state index in [1.807, 2.05) is 12.4 Å². The molecule has 0 saturated carbocycles. The Morgan fingerprint density at radius 2 is 0.887 bits per heavy atom. The molecule has 0 saturated heterocycles. The van der Waals surface area contributed by atoms with Gasteiger partial charge < -0.3 is 4.57 Å². The van der Waals surface area contributed by atoms with Crippen LogP contribution in [0.5, 0.6) is 0 Å². The van der Waals surface area contributed by atoms with Crippen molar-refractivity contribution in [1.29, 1.82) is 0 Å². The molecule has 11 rings (SSSR count). The number of nitrogens with zero attached hydrogens (tertiary/aromatic N) is 4. The average Bonchev–Trinajstić information content (AvgIpc) is 3.58. The summed E-state index contributed by atoms with van der Waals surface area (Å²) in [4.78, 5) is 15.0. The molecule has 0 unspecified atom stereocenters. The summed E-state index contributed by atoms with van der Waals surface area (Å²) in [5, 5.41) is 11.0. The number of aromatic nitrogens is 4. The second-order valence-electron chi connectivity index (χ2n) is 13.6. The molecule has 0 aliphatic heterocycles. The van der Waals surface area contributed by atoms with Gasteiger partial charge in [0.05, 0.1) is 22.2 Å². The maximum absolute atomic E-state index is 5.35. The molecular weight excluding hydrogens is 645 g/mol. The molecule has 4 heteroatoms. The smallest absolute Gasteiger partial charge is 0.159 e. The summed E-state index contributed by atoms with van der Waals surface area (Å²) in [6.45, 7) is 0. The van der Waals surface area contributed by atoms with Crippen LogP contribution in [0.25, 0.3) is 104 Å². The van der Waals surface area contributed by atoms with E-state index in [-0.39, 0.29) is 0 Å². The van der Waals surface area contributed by atoms with Crippen molar-refractivity contribution in [3.63, 3.8) is 0 Å². The first-order chi connectivity index (χ1) is 26.3. The second kappa shape index (κ2) is 11.7. The van der Waals surface area contributed by atoms with Crippen LogP contribution in [0, 0.1) is 0 Å². The third-order valence-electron chi connectivity index (χ3n) is 10.7. The molecule has 11 aromatic rings. The van der Waals surface area contributed by atoms with Crippen LogP contribution in [-0.2, 0) is 0 Å². The van der Waals surface area contributed by atoms with Gasteiger partial charge in [-0.3, -0.25) is 0 Å². The summed E-state index contributed by atoms with van der Waals surface area (Å²) >= 11 is 0. The Hall–Kier alpha value is -7.17. The number of pyridine rings is 1. The molecule has 0 atom stereocenters. The lowest BCUT2D eigenvalue weighted by Crippen LogP contribution is -1.95. The first-order valence-corrected chi connectivity index (χ1v) is 17.9. The number of benzene rings is 8. The summed E-state index contributed by atoms with van der Waals surface area (Å²) < 4.78 is 2.32. The minimum absolute atomic E-state index is 0.694. The third-order valence-corrected chi connectivity index (χ3v) is 10.7. The zero-order valence-corrected chi connectivity index (χ0v) is 28.6. The molecule has 0 N–H and O–H groups in total. The summed E-state index contributed by atoms with van der Waals surface area (Å²) in [6.07, 6.45) is 3.86. The van der Waals surface area contributed by atoms with E-state index in [2.05, 4.69) is 174 Å². The minimum Gasteiger partial charge on any atom is -0.309 e. The van der Waals surface area contributed by atoms with Gasteiger partial charge in [0.25, 0.3) is 0 Å². The van der Waals surface area contributed by atoms with Gasteiger partial charge in [0, 0.05) is 61.7 Å². The maximum atomic E-state index is 5.35. The van der Waals surface area contributed by atoms with Crippen molar-refractivity contribution >= 4 is 65.0 Å². The second-order valence-corrected chi connectivity index (χ2v) is 13.6. The topological polar surface area (TPSA) is 43.6 Å². The van der Waals surface area contributed by atoms with E-state index in [9.17, 15) is 0 Å². The molecule has 0 amide bonds. The average molecular weight is 675 g/mol. The van der Waals surface area contributed by atoms with Crippen LogP contribution in [-0.4, -0.2) is 19.5 Å². The monoisotopic (exact) mass is 674 g/mol. The SMILES string of the molecule is c1cc(-c2cnc(-c3ccc(-n4c5ccccc5c5ccccc54)cc3)nc2)cc(-c2nc3ccccc3c3c4ccccc4c4ccccc4c23)c1. The van der Waals surface area contributed by atoms with E-state index in [0.29, 0.717) is 5.82 Å². The first kappa shape index (κ1) is 29.5. The van der Waals surface area contributed by atoms with Gasteiger partial charge >= 0.3 is 0 Å². The fourth-order valence-electron chi connectivity index (χ4n) is 8.27. The Morgan fingerprint density at radius 3 is 1.55 bits per heavy atom. The van der Waals surface area contributed by atoms with Gasteiger partial charge in [-0.2, -0.15) is 0 Å². The van der Waals surface area contributed by atoms with Crippen LogP contribution >= 0.6 is 0 Å². The van der Waals surface area contributed by atoms with Crippen molar-refractivity contribution in [2.45, 2.75) is 0 Å². The number of hydrogen-bond acceptors (Lipinski definition) is 3. The Bertz CT molecular complexity index is 3160. The van der Waals surface area contributed by atoms with Crippen LogP contribution in [0.3, 0.4) is 0 Å². The molecule has 246 valence electrons. The predicted octanol–water partition coefficient (Wildman–Crippen LogP) is 12.6. The van der Waals surface area contributed by atoms with Crippen molar-refractivity contribution < 1.29 is 0 Å². The number of rotatable bonds is 4.